The average Bonchev–Trinajstić information content (AvgIpc) is 2.30. The second-order valence-electron chi connectivity index (χ2n) is 4.23. The van der Waals surface area contributed by atoms with E-state index in [2.05, 4.69) is 0 Å². The van der Waals surface area contributed by atoms with Crippen LogP contribution in [-0.2, 0) is 6.54 Å². The number of allylic oxidation sites excluding steroid dienone is 1. The van der Waals surface area contributed by atoms with Gasteiger partial charge < -0.3 is 4.90 Å². The van der Waals surface area contributed by atoms with E-state index in [4.69, 9.17) is 0 Å². The molecule has 0 saturated carbocycles. The lowest BCUT2D eigenvalue weighted by Gasteiger charge is -2.28. The van der Waals surface area contributed by atoms with Crippen LogP contribution in [0.25, 0.3) is 0 Å². The normalized spacial score (nSPS) is 20.6. The molecular weight excluding hydrogens is 227 g/mol. The summed E-state index contributed by atoms with van der Waals surface area (Å²) < 4.78 is 37.3. The van der Waals surface area contributed by atoms with Gasteiger partial charge in [-0.05, 0) is 18.2 Å². The maximum atomic E-state index is 12.4. The Morgan fingerprint density at radius 1 is 1.18 bits per heavy atom. The van der Waals surface area contributed by atoms with Crippen LogP contribution in [0.3, 0.4) is 0 Å². The third-order valence-electron chi connectivity index (χ3n) is 2.91. The van der Waals surface area contributed by atoms with Crippen LogP contribution in [0.15, 0.2) is 42.6 Å². The molecule has 0 spiro atoms. The maximum Gasteiger partial charge on any atom is 0.395 e. The van der Waals surface area contributed by atoms with E-state index in [9.17, 15) is 13.2 Å². The Morgan fingerprint density at radius 3 is 2.41 bits per heavy atom. The number of halogens is 3. The van der Waals surface area contributed by atoms with Crippen molar-refractivity contribution in [2.24, 2.45) is 5.92 Å². The van der Waals surface area contributed by atoms with E-state index in [1.165, 1.54) is 6.08 Å². The summed E-state index contributed by atoms with van der Waals surface area (Å²) in [6.07, 6.45) is -1.14. The third kappa shape index (κ3) is 3.25. The van der Waals surface area contributed by atoms with E-state index >= 15 is 0 Å². The highest BCUT2D eigenvalue weighted by molar-refractivity contribution is 5.15. The first kappa shape index (κ1) is 12.0. The molecule has 0 aliphatic carbocycles. The summed E-state index contributed by atoms with van der Waals surface area (Å²) in [5.74, 6) is -1.28. The van der Waals surface area contributed by atoms with Crippen LogP contribution in [0.4, 0.5) is 13.2 Å². The van der Waals surface area contributed by atoms with Gasteiger partial charge in [-0.2, -0.15) is 13.2 Å². The highest BCUT2D eigenvalue weighted by atomic mass is 19.4. The van der Waals surface area contributed by atoms with Crippen molar-refractivity contribution in [3.63, 3.8) is 0 Å². The molecule has 0 fully saturated rings. The fourth-order valence-electron chi connectivity index (χ4n) is 1.92. The molecule has 4 heteroatoms. The lowest BCUT2D eigenvalue weighted by atomic mass is 10.0. The topological polar surface area (TPSA) is 3.24 Å². The van der Waals surface area contributed by atoms with Crippen LogP contribution >= 0.6 is 0 Å². The summed E-state index contributed by atoms with van der Waals surface area (Å²) in [5.41, 5.74) is 1.11. The van der Waals surface area contributed by atoms with Crippen molar-refractivity contribution in [3.8, 4) is 0 Å². The molecule has 0 bridgehead atoms. The summed E-state index contributed by atoms with van der Waals surface area (Å²) in [6, 6.07) is 9.74. The van der Waals surface area contributed by atoms with Crippen LogP contribution < -0.4 is 0 Å². The minimum Gasteiger partial charge on any atom is -0.373 e. The Hall–Kier alpha value is -1.45. The number of alkyl halides is 3. The van der Waals surface area contributed by atoms with Crippen molar-refractivity contribution < 1.29 is 13.2 Å². The highest BCUT2D eigenvalue weighted by Crippen LogP contribution is 2.32. The number of rotatable bonds is 2. The van der Waals surface area contributed by atoms with Crippen molar-refractivity contribution >= 4 is 0 Å². The van der Waals surface area contributed by atoms with Crippen LogP contribution in [0.5, 0.6) is 0 Å². The summed E-state index contributed by atoms with van der Waals surface area (Å²) in [7, 11) is 0. The summed E-state index contributed by atoms with van der Waals surface area (Å²) in [5, 5.41) is 0. The Kier molecular flexibility index (Phi) is 3.41. The van der Waals surface area contributed by atoms with Gasteiger partial charge in [-0.1, -0.05) is 36.4 Å². The van der Waals surface area contributed by atoms with E-state index in [1.807, 2.05) is 35.2 Å². The van der Waals surface area contributed by atoms with E-state index in [0.717, 1.165) is 5.56 Å². The summed E-state index contributed by atoms with van der Waals surface area (Å²) >= 11 is 0. The largest absolute Gasteiger partial charge is 0.395 e. The molecule has 2 rings (SSSR count). The van der Waals surface area contributed by atoms with E-state index < -0.39 is 12.1 Å². The number of nitrogens with zero attached hydrogens (tertiary/aromatic N) is 1. The fourth-order valence-corrected chi connectivity index (χ4v) is 1.92. The Balaban J connectivity index is 1.95. The summed E-state index contributed by atoms with van der Waals surface area (Å²) in [6.45, 7) is 1.12. The Labute approximate surface area is 98.5 Å². The van der Waals surface area contributed by atoms with Gasteiger partial charge >= 0.3 is 6.18 Å². The third-order valence-corrected chi connectivity index (χ3v) is 2.91. The van der Waals surface area contributed by atoms with E-state index in [0.29, 0.717) is 13.1 Å². The molecule has 1 nitrogen and oxygen atoms in total. The molecule has 1 aromatic rings. The van der Waals surface area contributed by atoms with Crippen molar-refractivity contribution in [1.82, 2.24) is 4.90 Å². The molecule has 1 aliphatic heterocycles. The van der Waals surface area contributed by atoms with Crippen LogP contribution in [0.1, 0.15) is 12.0 Å². The molecule has 1 atom stereocenters. The van der Waals surface area contributed by atoms with Crippen molar-refractivity contribution in [2.45, 2.75) is 19.1 Å². The number of benzene rings is 1. The average molecular weight is 241 g/mol. The molecule has 17 heavy (non-hydrogen) atoms. The zero-order valence-corrected chi connectivity index (χ0v) is 9.32. The monoisotopic (exact) mass is 241 g/mol. The molecule has 0 N–H and O–H groups in total. The molecule has 0 aromatic heterocycles. The van der Waals surface area contributed by atoms with Gasteiger partial charge in [0.1, 0.15) is 0 Å². The molecule has 0 amide bonds. The van der Waals surface area contributed by atoms with Gasteiger partial charge in [0.05, 0.1) is 5.92 Å². The first-order chi connectivity index (χ1) is 8.05. The van der Waals surface area contributed by atoms with Gasteiger partial charge in [0.25, 0.3) is 0 Å². The first-order valence-electron chi connectivity index (χ1n) is 5.59. The maximum absolute atomic E-state index is 12.4. The summed E-state index contributed by atoms with van der Waals surface area (Å²) in [4.78, 5) is 1.91. The van der Waals surface area contributed by atoms with E-state index in [1.54, 1.807) is 6.20 Å². The molecule has 0 saturated heterocycles. The number of hydrogen-bond acceptors (Lipinski definition) is 1. The minimum atomic E-state index is -4.10. The Morgan fingerprint density at radius 2 is 1.88 bits per heavy atom. The van der Waals surface area contributed by atoms with Gasteiger partial charge in [-0.3, -0.25) is 0 Å². The highest BCUT2D eigenvalue weighted by Gasteiger charge is 2.38. The van der Waals surface area contributed by atoms with Crippen molar-refractivity contribution in [2.75, 3.05) is 6.54 Å². The van der Waals surface area contributed by atoms with Crippen molar-refractivity contribution in [1.29, 1.82) is 0 Å². The second kappa shape index (κ2) is 4.82. The SMILES string of the molecule is FC(F)(F)C1C=CN(Cc2ccccc2)CC1. The van der Waals surface area contributed by atoms with Gasteiger partial charge in [0, 0.05) is 13.1 Å². The molecule has 1 unspecified atom stereocenters. The fraction of sp³-hybridized carbons (Fsp3) is 0.385. The van der Waals surface area contributed by atoms with Gasteiger partial charge in [-0.15, -0.1) is 0 Å². The molecule has 1 aromatic carbocycles. The van der Waals surface area contributed by atoms with Crippen LogP contribution in [-0.4, -0.2) is 17.6 Å². The van der Waals surface area contributed by atoms with Gasteiger partial charge in [0.2, 0.25) is 0 Å². The van der Waals surface area contributed by atoms with Crippen LogP contribution in [0.2, 0.25) is 0 Å². The number of hydrogen-bond donors (Lipinski definition) is 0. The van der Waals surface area contributed by atoms with Crippen LogP contribution in [0, 0.1) is 5.92 Å². The lowest BCUT2D eigenvalue weighted by molar-refractivity contribution is -0.164. The lowest BCUT2D eigenvalue weighted by Crippen LogP contribution is -2.31. The molecule has 92 valence electrons. The molecule has 0 radical (unpaired) electrons. The second-order valence-corrected chi connectivity index (χ2v) is 4.23. The zero-order chi connectivity index (χ0) is 12.3. The quantitative estimate of drug-likeness (QED) is 0.765. The van der Waals surface area contributed by atoms with Crippen molar-refractivity contribution in [3.05, 3.63) is 48.2 Å². The molecule has 1 heterocycles. The standard InChI is InChI=1S/C13H14F3N/c14-13(15,16)12-6-8-17(9-7-12)10-11-4-2-1-3-5-11/h1-6,8,12H,7,9-10H2. The molecular formula is C13H14F3N. The zero-order valence-electron chi connectivity index (χ0n) is 9.32. The predicted molar refractivity (Wildman–Crippen MR) is 60.2 cm³/mol. The van der Waals surface area contributed by atoms with Gasteiger partial charge in [-0.25, -0.2) is 0 Å². The predicted octanol–water partition coefficient (Wildman–Crippen LogP) is 3.58. The smallest absolute Gasteiger partial charge is 0.373 e. The van der Waals surface area contributed by atoms with E-state index in [-0.39, 0.29) is 6.42 Å². The molecule has 1 aliphatic rings. The first-order valence-corrected chi connectivity index (χ1v) is 5.59. The van der Waals surface area contributed by atoms with Gasteiger partial charge in [0.15, 0.2) is 0 Å². The minimum absolute atomic E-state index is 0.146. The Bertz CT molecular complexity index is 383.